The number of fused-ring (bicyclic) bond motifs is 2. The van der Waals surface area contributed by atoms with Crippen LogP contribution in [0.5, 0.6) is 0 Å². The number of pyridine rings is 1. The summed E-state index contributed by atoms with van der Waals surface area (Å²) in [4.78, 5) is 26.0. The van der Waals surface area contributed by atoms with Gasteiger partial charge in [0.15, 0.2) is 5.82 Å². The molecule has 1 aromatic carbocycles. The largest absolute Gasteiger partial charge is 0.340 e. The van der Waals surface area contributed by atoms with Crippen LogP contribution >= 0.6 is 0 Å². The van der Waals surface area contributed by atoms with Crippen LogP contribution in [0.1, 0.15) is 17.4 Å². The summed E-state index contributed by atoms with van der Waals surface area (Å²) in [5.41, 5.74) is 4.08. The maximum Gasteiger partial charge on any atom is 0.275 e. The van der Waals surface area contributed by atoms with Crippen molar-refractivity contribution in [3.05, 3.63) is 78.8 Å². The van der Waals surface area contributed by atoms with E-state index in [1.807, 2.05) is 36.5 Å². The summed E-state index contributed by atoms with van der Waals surface area (Å²) in [6.45, 7) is 1.73. The summed E-state index contributed by atoms with van der Waals surface area (Å²) in [5.74, 6) is 0.861. The molecule has 0 saturated carbocycles. The molecule has 0 bridgehead atoms. The van der Waals surface area contributed by atoms with E-state index in [2.05, 4.69) is 46.0 Å². The van der Waals surface area contributed by atoms with Crippen LogP contribution in [0.2, 0.25) is 0 Å². The molecule has 0 aliphatic rings. The highest BCUT2D eigenvalue weighted by Gasteiger charge is 2.12. The van der Waals surface area contributed by atoms with E-state index in [0.29, 0.717) is 23.0 Å². The molecule has 11 nitrogen and oxygen atoms in total. The van der Waals surface area contributed by atoms with E-state index in [1.165, 1.54) is 6.20 Å². The van der Waals surface area contributed by atoms with E-state index < -0.39 is 0 Å². The molecule has 3 N–H and O–H groups in total. The molecule has 11 heteroatoms. The zero-order valence-electron chi connectivity index (χ0n) is 18.4. The van der Waals surface area contributed by atoms with Crippen LogP contribution < -0.4 is 10.6 Å². The molecule has 4 aromatic heterocycles. The first-order valence-corrected chi connectivity index (χ1v) is 10.4. The van der Waals surface area contributed by atoms with Gasteiger partial charge in [-0.25, -0.2) is 15.0 Å². The highest BCUT2D eigenvalue weighted by atomic mass is 16.1. The average molecular weight is 452 g/mol. The minimum Gasteiger partial charge on any atom is -0.340 e. The Morgan fingerprint density at radius 3 is 2.97 bits per heavy atom. The molecule has 0 radical (unpaired) electrons. The number of nitrogens with zero attached hydrogens (tertiary/aromatic N) is 7. The second-order valence-electron chi connectivity index (χ2n) is 7.45. The van der Waals surface area contributed by atoms with Crippen LogP contribution in [0.3, 0.4) is 0 Å². The van der Waals surface area contributed by atoms with Crippen molar-refractivity contribution in [3.8, 4) is 11.4 Å². The van der Waals surface area contributed by atoms with Gasteiger partial charge in [0.25, 0.3) is 5.91 Å². The summed E-state index contributed by atoms with van der Waals surface area (Å²) in [6.07, 6.45) is 8.41. The van der Waals surface area contributed by atoms with Crippen molar-refractivity contribution in [2.45, 2.75) is 6.92 Å². The topological polar surface area (TPSA) is 138 Å². The smallest absolute Gasteiger partial charge is 0.275 e. The first-order chi connectivity index (χ1) is 16.6. The number of carbonyl (C=O) groups excluding carboxylic acids is 1. The van der Waals surface area contributed by atoms with Crippen molar-refractivity contribution in [2.75, 3.05) is 12.4 Å². The standard InChI is InChI=1S/C23H20N10O/c1-14(11-26-24-2)28-23(34)19-13-33-8-6-15(10-21(33)30-19)22-25-7-5-20(31-22)29-17-3-4-18-16(9-17)12-27-32-18/h3-13H,1-2H3,(H,27,32)(H,28,34)(H,25,29,31)/b14-11+,26-24-. The van der Waals surface area contributed by atoms with Gasteiger partial charge >= 0.3 is 0 Å². The van der Waals surface area contributed by atoms with Crippen molar-refractivity contribution in [1.82, 2.24) is 34.9 Å². The number of benzene rings is 1. The minimum atomic E-state index is -0.331. The minimum absolute atomic E-state index is 0.282. The predicted octanol–water partition coefficient (Wildman–Crippen LogP) is 4.08. The Bertz CT molecular complexity index is 1560. The number of carbonyl (C=O) groups is 1. The highest BCUT2D eigenvalue weighted by Crippen LogP contribution is 2.22. The maximum absolute atomic E-state index is 12.5. The van der Waals surface area contributed by atoms with E-state index in [1.54, 1.807) is 43.0 Å². The van der Waals surface area contributed by atoms with Gasteiger partial charge in [0.05, 0.1) is 17.9 Å². The second kappa shape index (κ2) is 8.90. The lowest BCUT2D eigenvalue weighted by atomic mass is 10.2. The van der Waals surface area contributed by atoms with Gasteiger partial charge in [-0.1, -0.05) is 0 Å². The molecule has 0 aliphatic carbocycles. The molecule has 5 rings (SSSR count). The Kier molecular flexibility index (Phi) is 5.48. The first kappa shape index (κ1) is 20.9. The Labute approximate surface area is 193 Å². The maximum atomic E-state index is 12.5. The lowest BCUT2D eigenvalue weighted by Crippen LogP contribution is -2.21. The molecular formula is C23H20N10O. The van der Waals surface area contributed by atoms with Crippen LogP contribution in [0.15, 0.2) is 83.3 Å². The predicted molar refractivity (Wildman–Crippen MR) is 128 cm³/mol. The van der Waals surface area contributed by atoms with Gasteiger partial charge in [-0.3, -0.25) is 9.89 Å². The number of anilines is 2. The monoisotopic (exact) mass is 452 g/mol. The molecule has 0 saturated heterocycles. The fourth-order valence-electron chi connectivity index (χ4n) is 3.39. The third-order valence-electron chi connectivity index (χ3n) is 5.00. The fourth-order valence-corrected chi connectivity index (χ4v) is 3.39. The molecule has 4 heterocycles. The lowest BCUT2D eigenvalue weighted by molar-refractivity contribution is 0.0961. The SMILES string of the molecule is C/N=N\C=C(/C)NC(=O)c1cn2ccc(-c3nccc(Nc4ccc5[nH]ncc5c4)n3)cc2n1. The number of aromatic amines is 1. The van der Waals surface area contributed by atoms with E-state index in [-0.39, 0.29) is 11.6 Å². The zero-order chi connectivity index (χ0) is 23.5. The molecule has 0 spiro atoms. The van der Waals surface area contributed by atoms with Crippen molar-refractivity contribution >= 4 is 34.0 Å². The molecule has 5 aromatic rings. The number of aromatic nitrogens is 6. The van der Waals surface area contributed by atoms with Gasteiger partial charge in [-0.15, -0.1) is 0 Å². The van der Waals surface area contributed by atoms with E-state index in [4.69, 9.17) is 0 Å². The molecule has 34 heavy (non-hydrogen) atoms. The Balaban J connectivity index is 1.38. The van der Waals surface area contributed by atoms with Crippen LogP contribution in [-0.4, -0.2) is 42.5 Å². The molecule has 0 atom stereocenters. The van der Waals surface area contributed by atoms with Crippen molar-refractivity contribution < 1.29 is 4.79 Å². The van der Waals surface area contributed by atoms with E-state index in [0.717, 1.165) is 22.2 Å². The molecule has 0 aliphatic heterocycles. The van der Waals surface area contributed by atoms with Crippen LogP contribution in [-0.2, 0) is 0 Å². The second-order valence-corrected chi connectivity index (χ2v) is 7.45. The van der Waals surface area contributed by atoms with Crippen molar-refractivity contribution in [2.24, 2.45) is 10.2 Å². The summed E-state index contributed by atoms with van der Waals surface area (Å²) in [5, 5.41) is 21.4. The summed E-state index contributed by atoms with van der Waals surface area (Å²) in [7, 11) is 1.56. The van der Waals surface area contributed by atoms with Crippen molar-refractivity contribution in [3.63, 3.8) is 0 Å². The molecule has 168 valence electrons. The third kappa shape index (κ3) is 4.35. The number of hydrogen-bond acceptors (Lipinski definition) is 8. The number of azo groups is 1. The third-order valence-corrected chi connectivity index (χ3v) is 5.00. The van der Waals surface area contributed by atoms with Gasteiger partial charge in [-0.2, -0.15) is 15.3 Å². The summed E-state index contributed by atoms with van der Waals surface area (Å²) in [6, 6.07) is 11.4. The van der Waals surface area contributed by atoms with Gasteiger partial charge in [0, 0.05) is 48.0 Å². The fraction of sp³-hybridized carbons (Fsp3) is 0.0870. The number of rotatable bonds is 6. The number of amides is 1. The Hall–Kier alpha value is -4.93. The number of allylic oxidation sites excluding steroid dienone is 1. The number of H-pyrrole nitrogens is 1. The quantitative estimate of drug-likeness (QED) is 0.332. The number of hydrogen-bond donors (Lipinski definition) is 3. The highest BCUT2D eigenvalue weighted by molar-refractivity contribution is 5.94. The average Bonchev–Trinajstić information content (AvgIpc) is 3.49. The Morgan fingerprint density at radius 2 is 2.09 bits per heavy atom. The first-order valence-electron chi connectivity index (χ1n) is 10.4. The molecule has 0 fully saturated rings. The van der Waals surface area contributed by atoms with Gasteiger partial charge in [-0.05, 0) is 43.3 Å². The van der Waals surface area contributed by atoms with E-state index >= 15 is 0 Å². The molecule has 0 unspecified atom stereocenters. The number of imidazole rings is 1. The van der Waals surface area contributed by atoms with Gasteiger partial charge in [0.1, 0.15) is 17.2 Å². The number of nitrogens with one attached hydrogen (secondary N) is 3. The zero-order valence-corrected chi connectivity index (χ0v) is 18.4. The lowest BCUT2D eigenvalue weighted by Gasteiger charge is -2.07. The van der Waals surface area contributed by atoms with Gasteiger partial charge < -0.3 is 15.0 Å². The van der Waals surface area contributed by atoms with Crippen molar-refractivity contribution in [1.29, 1.82) is 0 Å². The summed E-state index contributed by atoms with van der Waals surface area (Å²) >= 11 is 0. The Morgan fingerprint density at radius 1 is 1.18 bits per heavy atom. The summed E-state index contributed by atoms with van der Waals surface area (Å²) < 4.78 is 1.77. The molecular weight excluding hydrogens is 432 g/mol. The van der Waals surface area contributed by atoms with Crippen LogP contribution in [0.4, 0.5) is 11.5 Å². The van der Waals surface area contributed by atoms with E-state index in [9.17, 15) is 4.79 Å². The van der Waals surface area contributed by atoms with Gasteiger partial charge in [0.2, 0.25) is 0 Å². The molecule has 1 amide bonds. The normalized spacial score (nSPS) is 12.0. The van der Waals surface area contributed by atoms with Crippen LogP contribution in [0.25, 0.3) is 27.9 Å². The van der Waals surface area contributed by atoms with Crippen LogP contribution in [0, 0.1) is 0 Å².